The second kappa shape index (κ2) is 7.57. The Balaban J connectivity index is 1.62. The zero-order chi connectivity index (χ0) is 17.0. The summed E-state index contributed by atoms with van der Waals surface area (Å²) in [6.45, 7) is 1.15. The van der Waals surface area contributed by atoms with Gasteiger partial charge in [0, 0.05) is 29.7 Å². The molecule has 2 N–H and O–H groups in total. The minimum absolute atomic E-state index is 0.0320. The lowest BCUT2D eigenvalue weighted by atomic mass is 9.82. The third-order valence-electron chi connectivity index (χ3n) is 4.64. The minimum Gasteiger partial charge on any atom is -0.381 e. The summed E-state index contributed by atoms with van der Waals surface area (Å²) in [4.78, 5) is 12.2. The molecule has 1 aromatic carbocycles. The van der Waals surface area contributed by atoms with Crippen LogP contribution in [0.15, 0.2) is 24.3 Å². The maximum absolute atomic E-state index is 12.2. The van der Waals surface area contributed by atoms with E-state index in [0.717, 1.165) is 24.8 Å². The van der Waals surface area contributed by atoms with Gasteiger partial charge in [-0.25, -0.2) is 0 Å². The molecule has 1 amide bonds. The van der Waals surface area contributed by atoms with Gasteiger partial charge < -0.3 is 15.2 Å². The smallest absolute Gasteiger partial charge is 0.225 e. The highest BCUT2D eigenvalue weighted by Crippen LogP contribution is 2.28. The van der Waals surface area contributed by atoms with Gasteiger partial charge in [-0.2, -0.15) is 0 Å². The van der Waals surface area contributed by atoms with Crippen LogP contribution in [-0.4, -0.2) is 35.9 Å². The summed E-state index contributed by atoms with van der Waals surface area (Å²) in [6.07, 6.45) is 3.57. The predicted octanol–water partition coefficient (Wildman–Crippen LogP) is 2.52. The highest BCUT2D eigenvalue weighted by molar-refractivity contribution is 6.30. The fraction of sp³-hybridized carbons (Fsp3) is 0.526. The molecule has 2 aliphatic rings. The summed E-state index contributed by atoms with van der Waals surface area (Å²) in [5.74, 6) is 5.97. The van der Waals surface area contributed by atoms with E-state index < -0.39 is 5.60 Å². The van der Waals surface area contributed by atoms with E-state index in [9.17, 15) is 9.90 Å². The van der Waals surface area contributed by atoms with Crippen molar-refractivity contribution in [1.29, 1.82) is 0 Å². The summed E-state index contributed by atoms with van der Waals surface area (Å²) in [7, 11) is 0. The molecule has 1 heterocycles. The Labute approximate surface area is 147 Å². The topological polar surface area (TPSA) is 58.6 Å². The van der Waals surface area contributed by atoms with Gasteiger partial charge in [0.25, 0.3) is 0 Å². The number of halogens is 1. The molecule has 0 spiro atoms. The van der Waals surface area contributed by atoms with Gasteiger partial charge in [0.1, 0.15) is 5.60 Å². The van der Waals surface area contributed by atoms with Gasteiger partial charge in [-0.3, -0.25) is 4.79 Å². The highest BCUT2D eigenvalue weighted by Gasteiger charge is 2.35. The zero-order valence-electron chi connectivity index (χ0n) is 13.6. The molecule has 5 heteroatoms. The normalized spacial score (nSPS) is 29.6. The molecule has 1 saturated carbocycles. The third kappa shape index (κ3) is 4.51. The molecule has 3 atom stereocenters. The largest absolute Gasteiger partial charge is 0.381 e. The van der Waals surface area contributed by atoms with Crippen LogP contribution < -0.4 is 5.32 Å². The maximum atomic E-state index is 12.2. The second-order valence-corrected chi connectivity index (χ2v) is 7.09. The van der Waals surface area contributed by atoms with Crippen LogP contribution in [0.5, 0.6) is 0 Å². The first-order valence-electron chi connectivity index (χ1n) is 8.43. The number of benzene rings is 1. The lowest BCUT2D eigenvalue weighted by molar-refractivity contribution is -0.126. The first-order valence-corrected chi connectivity index (χ1v) is 8.81. The lowest BCUT2D eigenvalue weighted by Gasteiger charge is -2.33. The van der Waals surface area contributed by atoms with Crippen molar-refractivity contribution in [3.05, 3.63) is 34.9 Å². The number of hydrogen-bond donors (Lipinski definition) is 2. The van der Waals surface area contributed by atoms with Crippen LogP contribution in [0.4, 0.5) is 0 Å². The van der Waals surface area contributed by atoms with E-state index in [1.807, 2.05) is 12.1 Å². The number of carbonyl (C=O) groups excluding carboxylic acids is 1. The van der Waals surface area contributed by atoms with Crippen LogP contribution in [0.1, 0.15) is 37.7 Å². The van der Waals surface area contributed by atoms with Gasteiger partial charge in [0.05, 0.1) is 12.5 Å². The molecule has 1 aromatic rings. The average Bonchev–Trinajstić information content (AvgIpc) is 3.08. The van der Waals surface area contributed by atoms with Crippen LogP contribution in [0.2, 0.25) is 5.02 Å². The van der Waals surface area contributed by atoms with Crippen molar-refractivity contribution >= 4 is 17.5 Å². The molecule has 0 unspecified atom stereocenters. The molecule has 24 heavy (non-hydrogen) atoms. The molecular weight excluding hydrogens is 326 g/mol. The third-order valence-corrected chi connectivity index (χ3v) is 4.87. The summed E-state index contributed by atoms with van der Waals surface area (Å²) in [5, 5.41) is 14.4. The lowest BCUT2D eigenvalue weighted by Crippen LogP contribution is -2.46. The van der Waals surface area contributed by atoms with E-state index in [1.54, 1.807) is 12.1 Å². The summed E-state index contributed by atoms with van der Waals surface area (Å²) >= 11 is 5.96. The monoisotopic (exact) mass is 347 g/mol. The Morgan fingerprint density at radius 2 is 2.29 bits per heavy atom. The SMILES string of the molecule is O=C(N[C@@H]1CCC[C@](O)(C#Cc2cccc(Cl)c2)C1)[C@H]1CCOC1. The zero-order valence-corrected chi connectivity index (χ0v) is 14.3. The molecule has 0 radical (unpaired) electrons. The van der Waals surface area contributed by atoms with E-state index in [4.69, 9.17) is 16.3 Å². The number of carbonyl (C=O) groups is 1. The van der Waals surface area contributed by atoms with E-state index in [0.29, 0.717) is 31.1 Å². The molecule has 2 fully saturated rings. The fourth-order valence-electron chi connectivity index (χ4n) is 3.30. The van der Waals surface area contributed by atoms with Crippen molar-refractivity contribution in [2.45, 2.75) is 43.7 Å². The van der Waals surface area contributed by atoms with Crippen LogP contribution in [0.3, 0.4) is 0 Å². The Hall–Kier alpha value is -1.54. The highest BCUT2D eigenvalue weighted by atomic mass is 35.5. The number of rotatable bonds is 2. The predicted molar refractivity (Wildman–Crippen MR) is 92.6 cm³/mol. The van der Waals surface area contributed by atoms with E-state index >= 15 is 0 Å². The Kier molecular flexibility index (Phi) is 5.45. The number of aliphatic hydroxyl groups is 1. The van der Waals surface area contributed by atoms with E-state index in [2.05, 4.69) is 17.2 Å². The van der Waals surface area contributed by atoms with Crippen LogP contribution in [0, 0.1) is 17.8 Å². The van der Waals surface area contributed by atoms with Crippen molar-refractivity contribution in [2.24, 2.45) is 5.92 Å². The molecular formula is C19H22ClNO3. The van der Waals surface area contributed by atoms with Crippen molar-refractivity contribution < 1.29 is 14.6 Å². The second-order valence-electron chi connectivity index (χ2n) is 6.65. The first kappa shape index (κ1) is 17.3. The van der Waals surface area contributed by atoms with Gasteiger partial charge in [-0.05, 0) is 43.9 Å². The Morgan fingerprint density at radius 1 is 1.42 bits per heavy atom. The molecule has 1 saturated heterocycles. The Morgan fingerprint density at radius 3 is 3.04 bits per heavy atom. The van der Waals surface area contributed by atoms with E-state index in [-0.39, 0.29) is 17.9 Å². The maximum Gasteiger partial charge on any atom is 0.225 e. The molecule has 4 nitrogen and oxygen atoms in total. The van der Waals surface area contributed by atoms with Gasteiger partial charge in [0.15, 0.2) is 0 Å². The van der Waals surface area contributed by atoms with Crippen LogP contribution >= 0.6 is 11.6 Å². The van der Waals surface area contributed by atoms with Crippen molar-refractivity contribution in [2.75, 3.05) is 13.2 Å². The molecule has 1 aliphatic heterocycles. The standard InChI is InChI=1S/C19H22ClNO3/c20-16-4-1-3-14(11-16)6-9-19(23)8-2-5-17(12-19)21-18(22)15-7-10-24-13-15/h1,3-4,11,15,17,23H,2,5,7-8,10,12-13H2,(H,21,22)/t15-,17+,19-/m0/s1. The minimum atomic E-state index is -1.06. The Bertz CT molecular complexity index is 660. The van der Waals surface area contributed by atoms with Crippen LogP contribution in [-0.2, 0) is 9.53 Å². The van der Waals surface area contributed by atoms with Crippen LogP contribution in [0.25, 0.3) is 0 Å². The average molecular weight is 348 g/mol. The van der Waals surface area contributed by atoms with Crippen molar-refractivity contribution in [3.8, 4) is 11.8 Å². The molecule has 0 bridgehead atoms. The van der Waals surface area contributed by atoms with Crippen molar-refractivity contribution in [3.63, 3.8) is 0 Å². The van der Waals surface area contributed by atoms with Gasteiger partial charge in [-0.15, -0.1) is 0 Å². The number of hydrogen-bond acceptors (Lipinski definition) is 3. The van der Waals surface area contributed by atoms with Crippen molar-refractivity contribution in [1.82, 2.24) is 5.32 Å². The fourth-order valence-corrected chi connectivity index (χ4v) is 3.49. The van der Waals surface area contributed by atoms with Gasteiger partial charge >= 0.3 is 0 Å². The summed E-state index contributed by atoms with van der Waals surface area (Å²) in [5.41, 5.74) is -0.282. The molecule has 3 rings (SSSR count). The quantitative estimate of drug-likeness (QED) is 0.808. The number of ether oxygens (including phenoxy) is 1. The first-order chi connectivity index (χ1) is 11.5. The molecule has 1 aliphatic carbocycles. The molecule has 128 valence electrons. The number of amides is 1. The summed E-state index contributed by atoms with van der Waals surface area (Å²) < 4.78 is 5.26. The van der Waals surface area contributed by atoms with Gasteiger partial charge in [0.2, 0.25) is 5.91 Å². The van der Waals surface area contributed by atoms with Gasteiger partial charge in [-0.1, -0.05) is 29.5 Å². The molecule has 0 aromatic heterocycles. The summed E-state index contributed by atoms with van der Waals surface area (Å²) in [6, 6.07) is 7.24. The van der Waals surface area contributed by atoms with E-state index in [1.165, 1.54) is 0 Å². The number of nitrogens with one attached hydrogen (secondary N) is 1.